The smallest absolute Gasteiger partial charge is 0.251 e. The third kappa shape index (κ3) is 5.85. The van der Waals surface area contributed by atoms with Crippen LogP contribution in [-0.2, 0) is 6.54 Å². The van der Waals surface area contributed by atoms with E-state index in [0.717, 1.165) is 63.7 Å². The van der Waals surface area contributed by atoms with Gasteiger partial charge in [-0.3, -0.25) is 4.79 Å². The number of para-hydroxylation sites is 2. The van der Waals surface area contributed by atoms with Crippen molar-refractivity contribution in [2.24, 2.45) is 0 Å². The molecule has 1 atom stereocenters. The van der Waals surface area contributed by atoms with Gasteiger partial charge in [0.2, 0.25) is 0 Å². The highest BCUT2D eigenvalue weighted by Gasteiger charge is 2.19. The number of aryl methyl sites for hydroxylation is 4. The molecule has 0 saturated carbocycles. The van der Waals surface area contributed by atoms with Crippen LogP contribution in [-0.4, -0.2) is 22.1 Å². The third-order valence-corrected chi connectivity index (χ3v) is 6.78. The minimum atomic E-state index is -0.229. The Morgan fingerprint density at radius 2 is 1.71 bits per heavy atom. The molecular weight excluding hydrogens is 458 g/mol. The summed E-state index contributed by atoms with van der Waals surface area (Å²) in [6, 6.07) is 19.4. The number of ether oxygens (including phenoxy) is 1. The van der Waals surface area contributed by atoms with Crippen molar-refractivity contribution in [2.45, 2.75) is 53.1 Å². The monoisotopic (exact) mass is 489 g/mol. The van der Waals surface area contributed by atoms with Crippen LogP contribution < -0.4 is 10.1 Å². The molecule has 6 heteroatoms. The van der Waals surface area contributed by atoms with Gasteiger partial charge in [0, 0.05) is 17.1 Å². The lowest BCUT2D eigenvalue weighted by Gasteiger charge is -2.17. The molecule has 0 spiro atoms. The Balaban J connectivity index is 1.41. The number of carbonyl (C=O) groups excluding carboxylic acids is 1. The van der Waals surface area contributed by atoms with Crippen LogP contribution in [0.4, 0.5) is 0 Å². The highest BCUT2D eigenvalue weighted by Crippen LogP contribution is 2.26. The number of nitrogens with one attached hydrogen (secondary N) is 1. The molecule has 182 valence electrons. The molecule has 4 rings (SSSR count). The minimum absolute atomic E-state index is 0.0990. The number of hydrogen-bond acceptors (Lipinski definition) is 3. The molecule has 1 N–H and O–H groups in total. The second kappa shape index (κ2) is 11.0. The van der Waals surface area contributed by atoms with E-state index in [-0.39, 0.29) is 11.9 Å². The van der Waals surface area contributed by atoms with Crippen LogP contribution in [0.5, 0.6) is 5.75 Å². The van der Waals surface area contributed by atoms with E-state index in [0.29, 0.717) is 12.2 Å². The Hall–Kier alpha value is -3.31. The van der Waals surface area contributed by atoms with Crippen LogP contribution in [0.3, 0.4) is 0 Å². The quantitative estimate of drug-likeness (QED) is 0.258. The highest BCUT2D eigenvalue weighted by atomic mass is 35.5. The van der Waals surface area contributed by atoms with Gasteiger partial charge in [0.1, 0.15) is 11.6 Å². The molecule has 0 aliphatic carbocycles. The predicted octanol–water partition coefficient (Wildman–Crippen LogP) is 6.97. The normalized spacial score (nSPS) is 12.0. The van der Waals surface area contributed by atoms with E-state index in [1.165, 1.54) is 0 Å². The summed E-state index contributed by atoms with van der Waals surface area (Å²) in [4.78, 5) is 17.6. The average molecular weight is 490 g/mol. The summed E-state index contributed by atoms with van der Waals surface area (Å²) in [6.07, 6.45) is 1.83. The summed E-state index contributed by atoms with van der Waals surface area (Å²) in [7, 11) is 0. The number of imidazole rings is 1. The van der Waals surface area contributed by atoms with Crippen molar-refractivity contribution < 1.29 is 9.53 Å². The zero-order chi connectivity index (χ0) is 24.9. The fourth-order valence-electron chi connectivity index (χ4n) is 4.26. The maximum Gasteiger partial charge on any atom is 0.251 e. The van der Waals surface area contributed by atoms with E-state index in [1.54, 1.807) is 0 Å². The number of fused-ring (bicyclic) bond motifs is 1. The van der Waals surface area contributed by atoms with Gasteiger partial charge in [-0.2, -0.15) is 0 Å². The van der Waals surface area contributed by atoms with E-state index in [9.17, 15) is 4.79 Å². The Kier molecular flexibility index (Phi) is 7.76. The first-order valence-corrected chi connectivity index (χ1v) is 12.4. The molecule has 0 radical (unpaired) electrons. The van der Waals surface area contributed by atoms with Gasteiger partial charge in [-0.15, -0.1) is 0 Å². The largest absolute Gasteiger partial charge is 0.494 e. The Morgan fingerprint density at radius 3 is 2.43 bits per heavy atom. The van der Waals surface area contributed by atoms with Gasteiger partial charge in [-0.1, -0.05) is 41.4 Å². The van der Waals surface area contributed by atoms with E-state index in [2.05, 4.69) is 16.0 Å². The van der Waals surface area contributed by atoms with E-state index in [1.807, 2.05) is 82.3 Å². The number of amides is 1. The summed E-state index contributed by atoms with van der Waals surface area (Å²) in [5.41, 5.74) is 5.83. The van der Waals surface area contributed by atoms with Crippen LogP contribution in [0, 0.1) is 20.8 Å². The lowest BCUT2D eigenvalue weighted by Crippen LogP contribution is -2.28. The first kappa shape index (κ1) is 24.8. The second-order valence-corrected chi connectivity index (χ2v) is 9.48. The number of benzene rings is 3. The first-order valence-electron chi connectivity index (χ1n) is 12.1. The number of nitrogens with zero attached hydrogens (tertiary/aromatic N) is 2. The lowest BCUT2D eigenvalue weighted by molar-refractivity contribution is 0.0937. The summed E-state index contributed by atoms with van der Waals surface area (Å²) in [6.45, 7) is 9.40. The molecule has 0 saturated heterocycles. The molecule has 0 fully saturated rings. The maximum atomic E-state index is 12.8. The number of aromatic nitrogens is 2. The predicted molar refractivity (Wildman–Crippen MR) is 142 cm³/mol. The van der Waals surface area contributed by atoms with E-state index < -0.39 is 0 Å². The molecule has 0 aliphatic rings. The number of rotatable bonds is 9. The molecule has 0 bridgehead atoms. The molecule has 1 unspecified atom stereocenters. The molecule has 0 aliphatic heterocycles. The molecular formula is C29H32ClN3O2. The first-order chi connectivity index (χ1) is 16.8. The van der Waals surface area contributed by atoms with Crippen LogP contribution in [0.1, 0.15) is 58.7 Å². The standard InChI is InChI=1S/C29H32ClN3O2/c1-19-11-13-23(14-12-19)29(34)31-22(4)28-32-25-9-5-6-10-26(25)33(28)15-7-8-16-35-24-17-20(2)27(30)21(3)18-24/h5-6,9-14,17-18,22H,7-8,15-16H2,1-4H3,(H,31,34). The SMILES string of the molecule is Cc1ccc(C(=O)NC(C)c2nc3ccccc3n2CCCCOc2cc(C)c(Cl)c(C)c2)cc1. The number of hydrogen-bond donors (Lipinski definition) is 1. The van der Waals surface area contributed by atoms with Crippen molar-refractivity contribution in [1.82, 2.24) is 14.9 Å². The van der Waals surface area contributed by atoms with Gasteiger partial charge in [0.15, 0.2) is 0 Å². The third-order valence-electron chi connectivity index (χ3n) is 6.19. The molecule has 35 heavy (non-hydrogen) atoms. The van der Waals surface area contributed by atoms with Crippen LogP contribution in [0.2, 0.25) is 5.02 Å². The lowest BCUT2D eigenvalue weighted by atomic mass is 10.1. The zero-order valence-corrected chi connectivity index (χ0v) is 21.5. The topological polar surface area (TPSA) is 56.2 Å². The minimum Gasteiger partial charge on any atom is -0.494 e. The van der Waals surface area contributed by atoms with Crippen LogP contribution in [0.25, 0.3) is 11.0 Å². The van der Waals surface area contributed by atoms with E-state index >= 15 is 0 Å². The van der Waals surface area contributed by atoms with Crippen molar-refractivity contribution in [2.75, 3.05) is 6.61 Å². The van der Waals surface area contributed by atoms with Gasteiger partial charge in [0.05, 0.1) is 23.7 Å². The summed E-state index contributed by atoms with van der Waals surface area (Å²) in [5.74, 6) is 1.61. The van der Waals surface area contributed by atoms with Crippen molar-refractivity contribution in [3.63, 3.8) is 0 Å². The summed E-state index contributed by atoms with van der Waals surface area (Å²) < 4.78 is 8.19. The molecule has 5 nitrogen and oxygen atoms in total. The molecule has 1 heterocycles. The zero-order valence-electron chi connectivity index (χ0n) is 20.8. The van der Waals surface area contributed by atoms with Crippen molar-refractivity contribution in [3.8, 4) is 5.75 Å². The Bertz CT molecular complexity index is 1300. The van der Waals surface area contributed by atoms with Gasteiger partial charge in [-0.05, 0) is 88.1 Å². The molecule has 4 aromatic rings. The second-order valence-electron chi connectivity index (χ2n) is 9.10. The molecule has 1 aromatic heterocycles. The van der Waals surface area contributed by atoms with Crippen molar-refractivity contribution in [3.05, 3.63) is 93.8 Å². The number of unbranched alkanes of at least 4 members (excludes halogenated alkanes) is 1. The Labute approximate surface area is 212 Å². The number of halogens is 1. The van der Waals surface area contributed by atoms with Crippen LogP contribution in [0.15, 0.2) is 60.7 Å². The maximum absolute atomic E-state index is 12.8. The van der Waals surface area contributed by atoms with Gasteiger partial charge < -0.3 is 14.6 Å². The average Bonchev–Trinajstić information content (AvgIpc) is 3.21. The number of carbonyl (C=O) groups is 1. The van der Waals surface area contributed by atoms with Gasteiger partial charge >= 0.3 is 0 Å². The fourth-order valence-corrected chi connectivity index (χ4v) is 4.37. The molecule has 1 amide bonds. The fraction of sp³-hybridized carbons (Fsp3) is 0.310. The Morgan fingerprint density at radius 1 is 1.03 bits per heavy atom. The molecule has 3 aromatic carbocycles. The van der Waals surface area contributed by atoms with Crippen molar-refractivity contribution in [1.29, 1.82) is 0 Å². The van der Waals surface area contributed by atoms with Crippen molar-refractivity contribution >= 4 is 28.5 Å². The van der Waals surface area contributed by atoms with Crippen LogP contribution >= 0.6 is 11.6 Å². The highest BCUT2D eigenvalue weighted by molar-refractivity contribution is 6.32. The van der Waals surface area contributed by atoms with Gasteiger partial charge in [0.25, 0.3) is 5.91 Å². The summed E-state index contributed by atoms with van der Waals surface area (Å²) in [5, 5.41) is 3.91. The van der Waals surface area contributed by atoms with Gasteiger partial charge in [-0.25, -0.2) is 4.98 Å². The summed E-state index contributed by atoms with van der Waals surface area (Å²) >= 11 is 6.26. The van der Waals surface area contributed by atoms with E-state index in [4.69, 9.17) is 21.3 Å².